The molecule has 0 unspecified atom stereocenters. The molecule has 23 heavy (non-hydrogen) atoms. The molecule has 0 saturated carbocycles. The Bertz CT molecular complexity index is 543. The number of hydrogen-bond donors (Lipinski definition) is 1. The fourth-order valence-electron chi connectivity index (χ4n) is 1.77. The van der Waals surface area contributed by atoms with Crippen molar-refractivity contribution in [3.8, 4) is 11.5 Å². The highest BCUT2D eigenvalue weighted by Crippen LogP contribution is 2.22. The Morgan fingerprint density at radius 2 is 2.09 bits per heavy atom. The van der Waals surface area contributed by atoms with Gasteiger partial charge in [0.2, 0.25) is 0 Å². The Balaban J connectivity index is 2.33. The topological polar surface area (TPSA) is 90.9 Å². The molecule has 1 N–H and O–H groups in total. The van der Waals surface area contributed by atoms with Gasteiger partial charge in [-0.05, 0) is 31.5 Å². The molecule has 0 aliphatic heterocycles. The van der Waals surface area contributed by atoms with Crippen LogP contribution in [-0.2, 0) is 14.3 Å². The van der Waals surface area contributed by atoms with Gasteiger partial charge in [-0.3, -0.25) is 14.4 Å². The molecule has 0 heterocycles. The van der Waals surface area contributed by atoms with E-state index < -0.39 is 0 Å². The van der Waals surface area contributed by atoms with Gasteiger partial charge in [0.1, 0.15) is 11.5 Å². The number of methoxy groups -OCH3 is 1. The van der Waals surface area contributed by atoms with Crippen LogP contribution in [0.1, 0.15) is 30.1 Å². The van der Waals surface area contributed by atoms with Crippen molar-refractivity contribution in [2.24, 2.45) is 0 Å². The van der Waals surface area contributed by atoms with Gasteiger partial charge in [-0.25, -0.2) is 0 Å². The maximum Gasteiger partial charge on any atom is 0.305 e. The van der Waals surface area contributed by atoms with E-state index in [4.69, 9.17) is 14.2 Å². The molecule has 126 valence electrons. The van der Waals surface area contributed by atoms with E-state index in [0.29, 0.717) is 42.9 Å². The summed E-state index contributed by atoms with van der Waals surface area (Å²) in [5.41, 5.74) is 0.305. The van der Waals surface area contributed by atoms with Crippen molar-refractivity contribution in [3.63, 3.8) is 0 Å². The number of benzene rings is 1. The van der Waals surface area contributed by atoms with Crippen LogP contribution in [0.15, 0.2) is 18.2 Å². The molecule has 1 amide bonds. The third-order valence-corrected chi connectivity index (χ3v) is 2.89. The SMILES string of the molecule is CCOC(=O)CCCNC(=O)COc1ccc(OC)cc1C=O. The van der Waals surface area contributed by atoms with E-state index >= 15 is 0 Å². The number of ether oxygens (including phenoxy) is 3. The summed E-state index contributed by atoms with van der Waals surface area (Å²) in [5.74, 6) is 0.221. The van der Waals surface area contributed by atoms with Gasteiger partial charge in [-0.1, -0.05) is 0 Å². The van der Waals surface area contributed by atoms with E-state index in [9.17, 15) is 14.4 Å². The molecule has 1 aromatic rings. The fourth-order valence-corrected chi connectivity index (χ4v) is 1.77. The number of rotatable bonds is 10. The van der Waals surface area contributed by atoms with Gasteiger partial charge in [0.15, 0.2) is 12.9 Å². The first kappa shape index (κ1) is 18.5. The molecule has 1 rings (SSSR count). The van der Waals surface area contributed by atoms with Crippen molar-refractivity contribution in [3.05, 3.63) is 23.8 Å². The average molecular weight is 323 g/mol. The summed E-state index contributed by atoms with van der Waals surface area (Å²) >= 11 is 0. The molecule has 1 aromatic carbocycles. The molecule has 0 saturated heterocycles. The number of hydrogen-bond acceptors (Lipinski definition) is 6. The highest BCUT2D eigenvalue weighted by molar-refractivity contribution is 5.81. The molecular formula is C16H21NO6. The second-order valence-corrected chi connectivity index (χ2v) is 4.57. The lowest BCUT2D eigenvalue weighted by Crippen LogP contribution is -2.30. The maximum atomic E-state index is 11.6. The van der Waals surface area contributed by atoms with Gasteiger partial charge < -0.3 is 19.5 Å². The van der Waals surface area contributed by atoms with Crippen molar-refractivity contribution >= 4 is 18.2 Å². The van der Waals surface area contributed by atoms with Crippen LogP contribution in [0.3, 0.4) is 0 Å². The maximum absolute atomic E-state index is 11.6. The zero-order chi connectivity index (χ0) is 17.1. The van der Waals surface area contributed by atoms with E-state index in [2.05, 4.69) is 5.32 Å². The third kappa shape index (κ3) is 6.82. The normalized spacial score (nSPS) is 9.83. The lowest BCUT2D eigenvalue weighted by molar-refractivity contribution is -0.143. The third-order valence-electron chi connectivity index (χ3n) is 2.89. The Hall–Kier alpha value is -2.57. The molecule has 0 aliphatic carbocycles. The zero-order valence-corrected chi connectivity index (χ0v) is 13.3. The minimum Gasteiger partial charge on any atom is -0.497 e. The Morgan fingerprint density at radius 1 is 1.30 bits per heavy atom. The molecule has 0 aromatic heterocycles. The summed E-state index contributed by atoms with van der Waals surface area (Å²) in [6, 6.07) is 4.73. The first-order valence-electron chi connectivity index (χ1n) is 7.29. The molecule has 0 fully saturated rings. The molecule has 7 nitrogen and oxygen atoms in total. The van der Waals surface area contributed by atoms with Crippen molar-refractivity contribution < 1.29 is 28.6 Å². The van der Waals surface area contributed by atoms with Crippen LogP contribution >= 0.6 is 0 Å². The van der Waals surface area contributed by atoms with Crippen LogP contribution in [0.4, 0.5) is 0 Å². The number of esters is 1. The van der Waals surface area contributed by atoms with Crippen LogP contribution in [0, 0.1) is 0 Å². The minimum atomic E-state index is -0.332. The largest absolute Gasteiger partial charge is 0.497 e. The van der Waals surface area contributed by atoms with Crippen LogP contribution < -0.4 is 14.8 Å². The number of aldehydes is 1. The quantitative estimate of drug-likeness (QED) is 0.397. The molecular weight excluding hydrogens is 302 g/mol. The molecule has 0 spiro atoms. The monoisotopic (exact) mass is 323 g/mol. The second kappa shape index (κ2) is 10.2. The van der Waals surface area contributed by atoms with E-state index in [1.54, 1.807) is 19.1 Å². The predicted octanol–water partition coefficient (Wildman–Crippen LogP) is 1.35. The highest BCUT2D eigenvalue weighted by Gasteiger charge is 2.08. The van der Waals surface area contributed by atoms with E-state index in [-0.39, 0.29) is 24.9 Å². The van der Waals surface area contributed by atoms with Gasteiger partial charge >= 0.3 is 5.97 Å². The Morgan fingerprint density at radius 3 is 2.74 bits per heavy atom. The second-order valence-electron chi connectivity index (χ2n) is 4.57. The number of amides is 1. The van der Waals surface area contributed by atoms with Gasteiger partial charge in [0.05, 0.1) is 19.3 Å². The standard InChI is InChI=1S/C16H21NO6/c1-3-22-16(20)5-4-8-17-15(19)11-23-14-7-6-13(21-2)9-12(14)10-18/h6-7,9-10H,3-5,8,11H2,1-2H3,(H,17,19). The summed E-state index contributed by atoms with van der Waals surface area (Å²) in [4.78, 5) is 33.8. The smallest absolute Gasteiger partial charge is 0.305 e. The Labute approximate surface area is 134 Å². The summed E-state index contributed by atoms with van der Waals surface area (Å²) in [5, 5.41) is 2.63. The number of carbonyl (C=O) groups is 3. The molecule has 0 bridgehead atoms. The van der Waals surface area contributed by atoms with Gasteiger partial charge in [0.25, 0.3) is 5.91 Å². The van der Waals surface area contributed by atoms with E-state index in [1.807, 2.05) is 0 Å². The number of carbonyl (C=O) groups excluding carboxylic acids is 3. The molecule has 0 aliphatic rings. The van der Waals surface area contributed by atoms with E-state index in [1.165, 1.54) is 13.2 Å². The zero-order valence-electron chi connectivity index (χ0n) is 13.3. The first-order valence-corrected chi connectivity index (χ1v) is 7.29. The van der Waals surface area contributed by atoms with Crippen LogP contribution in [0.25, 0.3) is 0 Å². The molecule has 0 atom stereocenters. The highest BCUT2D eigenvalue weighted by atomic mass is 16.5. The summed E-state index contributed by atoms with van der Waals surface area (Å²) in [7, 11) is 1.49. The lowest BCUT2D eigenvalue weighted by Gasteiger charge is -2.10. The van der Waals surface area contributed by atoms with Crippen molar-refractivity contribution in [2.75, 3.05) is 26.9 Å². The van der Waals surface area contributed by atoms with Crippen LogP contribution in [-0.4, -0.2) is 45.0 Å². The molecule has 0 radical (unpaired) electrons. The predicted molar refractivity (Wildman–Crippen MR) is 82.8 cm³/mol. The summed E-state index contributed by atoms with van der Waals surface area (Å²) in [6.45, 7) is 2.22. The average Bonchev–Trinajstić information content (AvgIpc) is 2.57. The summed E-state index contributed by atoms with van der Waals surface area (Å²) in [6.07, 6.45) is 1.38. The van der Waals surface area contributed by atoms with Gasteiger partial charge in [-0.15, -0.1) is 0 Å². The van der Waals surface area contributed by atoms with E-state index in [0.717, 1.165) is 0 Å². The number of nitrogens with one attached hydrogen (secondary N) is 1. The van der Waals surface area contributed by atoms with Gasteiger partial charge in [-0.2, -0.15) is 0 Å². The van der Waals surface area contributed by atoms with Crippen molar-refractivity contribution in [1.82, 2.24) is 5.32 Å². The van der Waals surface area contributed by atoms with Crippen LogP contribution in [0.5, 0.6) is 11.5 Å². The van der Waals surface area contributed by atoms with Crippen molar-refractivity contribution in [1.29, 1.82) is 0 Å². The minimum absolute atomic E-state index is 0.216. The fraction of sp³-hybridized carbons (Fsp3) is 0.438. The van der Waals surface area contributed by atoms with Gasteiger partial charge in [0, 0.05) is 13.0 Å². The lowest BCUT2D eigenvalue weighted by atomic mass is 10.2. The summed E-state index contributed by atoms with van der Waals surface area (Å²) < 4.78 is 15.1. The Kier molecular flexibility index (Phi) is 8.20. The first-order chi connectivity index (χ1) is 11.1. The van der Waals surface area contributed by atoms with Crippen LogP contribution in [0.2, 0.25) is 0 Å². The van der Waals surface area contributed by atoms with Crippen molar-refractivity contribution in [2.45, 2.75) is 19.8 Å². The molecule has 7 heteroatoms.